The number of aromatic nitrogens is 1. The lowest BCUT2D eigenvalue weighted by Gasteiger charge is -2.10. The van der Waals surface area contributed by atoms with Crippen LogP contribution in [-0.4, -0.2) is 18.2 Å². The number of hydrogen-bond acceptors (Lipinski definition) is 3. The monoisotopic (exact) mass is 293 g/mol. The Hall–Kier alpha value is -2.55. The van der Waals surface area contributed by atoms with Gasteiger partial charge in [0.05, 0.1) is 18.9 Å². The molecule has 1 heterocycles. The smallest absolute Gasteiger partial charge is 0.119 e. The first kappa shape index (κ1) is 14.4. The van der Waals surface area contributed by atoms with Crippen LogP contribution in [0.1, 0.15) is 13.8 Å². The van der Waals surface area contributed by atoms with E-state index in [1.54, 1.807) is 7.11 Å². The fourth-order valence-corrected chi connectivity index (χ4v) is 2.38. The molecule has 0 spiro atoms. The molecule has 0 aliphatic rings. The zero-order chi connectivity index (χ0) is 15.5. The summed E-state index contributed by atoms with van der Waals surface area (Å²) < 4.78 is 11.0. The molecule has 112 valence electrons. The first-order valence-electron chi connectivity index (χ1n) is 7.36. The average molecular weight is 293 g/mol. The first-order valence-corrected chi connectivity index (χ1v) is 7.36. The van der Waals surface area contributed by atoms with E-state index < -0.39 is 0 Å². The second kappa shape index (κ2) is 6.06. The highest BCUT2D eigenvalue weighted by Gasteiger charge is 2.04. The van der Waals surface area contributed by atoms with Gasteiger partial charge in [-0.25, -0.2) is 0 Å². The zero-order valence-corrected chi connectivity index (χ0v) is 13.0. The van der Waals surface area contributed by atoms with Crippen LogP contribution in [0.25, 0.3) is 22.0 Å². The van der Waals surface area contributed by atoms with E-state index in [9.17, 15) is 0 Å². The molecule has 3 heteroatoms. The van der Waals surface area contributed by atoms with Crippen molar-refractivity contribution in [1.29, 1.82) is 0 Å². The Morgan fingerprint density at radius 2 is 1.59 bits per heavy atom. The predicted octanol–water partition coefficient (Wildman–Crippen LogP) is 4.70. The van der Waals surface area contributed by atoms with Crippen molar-refractivity contribution in [2.45, 2.75) is 20.0 Å². The van der Waals surface area contributed by atoms with Gasteiger partial charge in [0.2, 0.25) is 0 Å². The average Bonchev–Trinajstić information content (AvgIpc) is 2.54. The maximum Gasteiger partial charge on any atom is 0.119 e. The third-order valence-corrected chi connectivity index (χ3v) is 3.45. The van der Waals surface area contributed by atoms with Crippen molar-refractivity contribution >= 4 is 10.8 Å². The highest BCUT2D eigenvalue weighted by Crippen LogP contribution is 2.26. The molecule has 0 N–H and O–H groups in total. The summed E-state index contributed by atoms with van der Waals surface area (Å²) in [6.07, 6.45) is 2.07. The van der Waals surface area contributed by atoms with E-state index in [2.05, 4.69) is 11.1 Å². The topological polar surface area (TPSA) is 31.4 Å². The van der Waals surface area contributed by atoms with Gasteiger partial charge in [0.1, 0.15) is 11.5 Å². The second-order valence-electron chi connectivity index (χ2n) is 5.47. The molecular weight excluding hydrogens is 274 g/mol. The van der Waals surface area contributed by atoms with Gasteiger partial charge in [-0.05, 0) is 67.8 Å². The number of rotatable bonds is 4. The van der Waals surface area contributed by atoms with Gasteiger partial charge in [0.25, 0.3) is 0 Å². The molecule has 22 heavy (non-hydrogen) atoms. The van der Waals surface area contributed by atoms with Gasteiger partial charge in [-0.3, -0.25) is 4.98 Å². The number of nitrogens with zero attached hydrogens (tertiary/aromatic N) is 1. The summed E-state index contributed by atoms with van der Waals surface area (Å²) in [6.45, 7) is 4.04. The molecule has 0 amide bonds. The molecule has 0 saturated carbocycles. The van der Waals surface area contributed by atoms with E-state index in [0.717, 1.165) is 33.5 Å². The molecule has 1 aromatic heterocycles. The van der Waals surface area contributed by atoms with Crippen molar-refractivity contribution in [3.63, 3.8) is 0 Å². The molecule has 3 rings (SSSR count). The number of hydrogen-bond donors (Lipinski definition) is 0. The van der Waals surface area contributed by atoms with Gasteiger partial charge in [-0.2, -0.15) is 0 Å². The Balaban J connectivity index is 1.95. The van der Waals surface area contributed by atoms with Gasteiger partial charge in [-0.15, -0.1) is 0 Å². The van der Waals surface area contributed by atoms with Crippen molar-refractivity contribution in [1.82, 2.24) is 4.98 Å². The van der Waals surface area contributed by atoms with E-state index in [0.29, 0.717) is 0 Å². The minimum absolute atomic E-state index is 0.178. The Labute approximate surface area is 130 Å². The van der Waals surface area contributed by atoms with Crippen molar-refractivity contribution in [2.24, 2.45) is 0 Å². The summed E-state index contributed by atoms with van der Waals surface area (Å²) >= 11 is 0. The molecule has 0 saturated heterocycles. The van der Waals surface area contributed by atoms with E-state index in [1.807, 2.05) is 62.5 Å². The highest BCUT2D eigenvalue weighted by atomic mass is 16.5. The maximum atomic E-state index is 5.67. The summed E-state index contributed by atoms with van der Waals surface area (Å²) in [6, 6.07) is 16.1. The standard InChI is InChI=1S/C19H19NO2/c1-13(2)22-17-7-4-14(5-8-17)19-11-16-10-18(21-3)9-6-15(16)12-20-19/h4-13H,1-3H3. The summed E-state index contributed by atoms with van der Waals surface area (Å²) in [5.74, 6) is 1.73. The van der Waals surface area contributed by atoms with Crippen LogP contribution in [-0.2, 0) is 0 Å². The van der Waals surface area contributed by atoms with E-state index in [1.165, 1.54) is 0 Å². The van der Waals surface area contributed by atoms with Crippen LogP contribution in [0, 0.1) is 0 Å². The minimum atomic E-state index is 0.178. The largest absolute Gasteiger partial charge is 0.497 e. The number of ether oxygens (including phenoxy) is 2. The van der Waals surface area contributed by atoms with E-state index >= 15 is 0 Å². The van der Waals surface area contributed by atoms with Crippen LogP contribution in [0.2, 0.25) is 0 Å². The molecule has 0 atom stereocenters. The van der Waals surface area contributed by atoms with E-state index in [4.69, 9.17) is 9.47 Å². The van der Waals surface area contributed by atoms with Crippen LogP contribution in [0.3, 0.4) is 0 Å². The third-order valence-electron chi connectivity index (χ3n) is 3.45. The Kier molecular flexibility index (Phi) is 3.96. The van der Waals surface area contributed by atoms with Crippen LogP contribution in [0.4, 0.5) is 0 Å². The Bertz CT molecular complexity index is 779. The lowest BCUT2D eigenvalue weighted by molar-refractivity contribution is 0.242. The Morgan fingerprint density at radius 1 is 0.864 bits per heavy atom. The molecule has 0 radical (unpaired) electrons. The fraction of sp³-hybridized carbons (Fsp3) is 0.211. The minimum Gasteiger partial charge on any atom is -0.497 e. The van der Waals surface area contributed by atoms with Gasteiger partial charge >= 0.3 is 0 Å². The molecule has 3 nitrogen and oxygen atoms in total. The maximum absolute atomic E-state index is 5.67. The number of benzene rings is 2. The SMILES string of the molecule is COc1ccc2cnc(-c3ccc(OC(C)C)cc3)cc2c1. The Morgan fingerprint density at radius 3 is 2.27 bits per heavy atom. The number of fused-ring (bicyclic) bond motifs is 1. The van der Waals surface area contributed by atoms with Gasteiger partial charge in [0, 0.05) is 17.1 Å². The molecule has 0 aliphatic heterocycles. The predicted molar refractivity (Wildman–Crippen MR) is 89.5 cm³/mol. The lowest BCUT2D eigenvalue weighted by Crippen LogP contribution is -2.05. The normalized spacial score (nSPS) is 10.9. The van der Waals surface area contributed by atoms with Crippen molar-refractivity contribution in [3.8, 4) is 22.8 Å². The number of methoxy groups -OCH3 is 1. The quantitative estimate of drug-likeness (QED) is 0.699. The summed E-state index contributed by atoms with van der Waals surface area (Å²) in [5, 5.41) is 2.22. The number of pyridine rings is 1. The van der Waals surface area contributed by atoms with Crippen molar-refractivity contribution in [2.75, 3.05) is 7.11 Å². The van der Waals surface area contributed by atoms with Crippen molar-refractivity contribution < 1.29 is 9.47 Å². The molecular formula is C19H19NO2. The van der Waals surface area contributed by atoms with Crippen LogP contribution >= 0.6 is 0 Å². The third kappa shape index (κ3) is 3.03. The van der Waals surface area contributed by atoms with E-state index in [-0.39, 0.29) is 6.10 Å². The summed E-state index contributed by atoms with van der Waals surface area (Å²) in [5.41, 5.74) is 2.01. The zero-order valence-electron chi connectivity index (χ0n) is 13.0. The van der Waals surface area contributed by atoms with Gasteiger partial charge < -0.3 is 9.47 Å². The summed E-state index contributed by atoms with van der Waals surface area (Å²) in [4.78, 5) is 4.54. The van der Waals surface area contributed by atoms with Gasteiger partial charge in [0.15, 0.2) is 0 Å². The fourth-order valence-electron chi connectivity index (χ4n) is 2.38. The van der Waals surface area contributed by atoms with Crippen LogP contribution in [0.5, 0.6) is 11.5 Å². The molecule has 3 aromatic rings. The molecule has 0 bridgehead atoms. The summed E-state index contributed by atoms with van der Waals surface area (Å²) in [7, 11) is 1.68. The molecule has 0 fully saturated rings. The van der Waals surface area contributed by atoms with Crippen molar-refractivity contribution in [3.05, 3.63) is 54.7 Å². The molecule has 2 aromatic carbocycles. The van der Waals surface area contributed by atoms with Crippen LogP contribution in [0.15, 0.2) is 54.7 Å². The molecule has 0 unspecified atom stereocenters. The van der Waals surface area contributed by atoms with Gasteiger partial charge in [-0.1, -0.05) is 0 Å². The lowest BCUT2D eigenvalue weighted by atomic mass is 10.1. The second-order valence-corrected chi connectivity index (χ2v) is 5.47. The molecule has 0 aliphatic carbocycles. The first-order chi connectivity index (χ1) is 10.7. The van der Waals surface area contributed by atoms with Crippen LogP contribution < -0.4 is 9.47 Å². The highest BCUT2D eigenvalue weighted by molar-refractivity contribution is 5.86.